The quantitative estimate of drug-likeness (QED) is 0.558. The van der Waals surface area contributed by atoms with Crippen LogP contribution < -0.4 is 0 Å². The molecule has 0 atom stereocenters. The van der Waals surface area contributed by atoms with Crippen LogP contribution in [0, 0.1) is 0 Å². The van der Waals surface area contributed by atoms with Crippen molar-refractivity contribution in [3.05, 3.63) is 0 Å². The smallest absolute Gasteiger partial charge is 0.394 e. The van der Waals surface area contributed by atoms with Crippen molar-refractivity contribution in [2.24, 2.45) is 0 Å². The molecule has 0 rings (SSSR count). The summed E-state index contributed by atoms with van der Waals surface area (Å²) in [5, 5.41) is 0. The van der Waals surface area contributed by atoms with Crippen molar-refractivity contribution in [1.29, 1.82) is 0 Å². The Morgan fingerprint density at radius 1 is 1.12 bits per heavy atom. The molecule has 96 valence electrons. The van der Waals surface area contributed by atoms with E-state index in [2.05, 4.69) is 9.47 Å². The number of halogens is 7. The molecular weight excluding hydrogens is 253 g/mol. The van der Waals surface area contributed by atoms with Crippen LogP contribution >= 0.6 is 0 Å². The van der Waals surface area contributed by atoms with E-state index in [1.165, 1.54) is 0 Å². The van der Waals surface area contributed by atoms with Gasteiger partial charge in [-0.05, 0) is 0 Å². The number of esters is 1. The molecule has 0 amide bonds. The lowest BCUT2D eigenvalue weighted by Crippen LogP contribution is -2.51. The number of carbonyl (C=O) groups excluding carboxylic acids is 1. The highest BCUT2D eigenvalue weighted by Gasteiger charge is 2.66. The van der Waals surface area contributed by atoms with E-state index < -0.39 is 30.8 Å². The van der Waals surface area contributed by atoms with Crippen molar-refractivity contribution in [2.45, 2.75) is 18.1 Å². The number of methoxy groups -OCH3 is 1. The van der Waals surface area contributed by atoms with Crippen LogP contribution in [0.3, 0.4) is 0 Å². The van der Waals surface area contributed by atoms with Crippen molar-refractivity contribution in [1.82, 2.24) is 0 Å². The molecule has 10 heteroatoms. The van der Waals surface area contributed by atoms with Crippen LogP contribution in [-0.4, -0.2) is 37.9 Å². The van der Waals surface area contributed by atoms with E-state index >= 15 is 0 Å². The predicted molar refractivity (Wildman–Crippen MR) is 33.9 cm³/mol. The zero-order chi connectivity index (χ0) is 13.2. The molecule has 0 unspecified atom stereocenters. The molecule has 0 heterocycles. The zero-order valence-electron chi connectivity index (χ0n) is 7.58. The van der Waals surface area contributed by atoms with Crippen molar-refractivity contribution < 1.29 is 45.0 Å². The van der Waals surface area contributed by atoms with Gasteiger partial charge in [0, 0.05) is 7.11 Å². The van der Waals surface area contributed by atoms with E-state index in [9.17, 15) is 35.5 Å². The lowest BCUT2D eigenvalue weighted by molar-refractivity contribution is -0.341. The molecule has 0 radical (unpaired) electrons. The first-order chi connectivity index (χ1) is 7.00. The molecule has 0 saturated carbocycles. The van der Waals surface area contributed by atoms with Gasteiger partial charge in [0.05, 0.1) is 0 Å². The van der Waals surface area contributed by atoms with Gasteiger partial charge < -0.3 is 9.47 Å². The van der Waals surface area contributed by atoms with Gasteiger partial charge in [0.1, 0.15) is 0 Å². The first-order valence-electron chi connectivity index (χ1n) is 3.48. The number of alkyl halides is 7. The molecule has 0 N–H and O–H groups in total. The standard InChI is InChI=1S/C6H5F7O3/c1-15-6(12,13)5(10,11)3(14)16-4(8,9)2-7/h2H2,1H3. The van der Waals surface area contributed by atoms with Gasteiger partial charge in [0.25, 0.3) is 0 Å². The lowest BCUT2D eigenvalue weighted by Gasteiger charge is -2.24. The number of hydrogen-bond donors (Lipinski definition) is 0. The number of hydrogen-bond acceptors (Lipinski definition) is 3. The lowest BCUT2D eigenvalue weighted by atomic mass is 10.3. The van der Waals surface area contributed by atoms with Gasteiger partial charge in [-0.25, -0.2) is 9.18 Å². The molecule has 0 aromatic carbocycles. The van der Waals surface area contributed by atoms with Crippen LogP contribution in [0.4, 0.5) is 30.7 Å². The molecule has 0 spiro atoms. The summed E-state index contributed by atoms with van der Waals surface area (Å²) in [7, 11) is 0.120. The fourth-order valence-electron chi connectivity index (χ4n) is 0.474. The Morgan fingerprint density at radius 3 is 1.88 bits per heavy atom. The van der Waals surface area contributed by atoms with E-state index in [0.29, 0.717) is 0 Å². The number of rotatable bonds is 5. The maximum Gasteiger partial charge on any atom is 0.431 e. The summed E-state index contributed by atoms with van der Waals surface area (Å²) in [6.45, 7) is -2.62. The van der Waals surface area contributed by atoms with E-state index in [4.69, 9.17) is 0 Å². The highest BCUT2D eigenvalue weighted by molar-refractivity contribution is 5.78. The van der Waals surface area contributed by atoms with Crippen molar-refractivity contribution in [3.8, 4) is 0 Å². The normalized spacial score (nSPS) is 13.8. The number of ether oxygens (including phenoxy) is 2. The largest absolute Gasteiger partial charge is 0.431 e. The monoisotopic (exact) mass is 258 g/mol. The molecule has 0 aromatic rings. The van der Waals surface area contributed by atoms with Crippen LogP contribution in [0.5, 0.6) is 0 Å². The molecule has 3 nitrogen and oxygen atoms in total. The minimum Gasteiger partial charge on any atom is -0.394 e. The molecule has 0 fully saturated rings. The third-order valence-corrected chi connectivity index (χ3v) is 1.28. The summed E-state index contributed by atoms with van der Waals surface area (Å²) < 4.78 is 90.3. The zero-order valence-corrected chi connectivity index (χ0v) is 7.58. The average Bonchev–Trinajstić information content (AvgIpc) is 2.16. The summed E-state index contributed by atoms with van der Waals surface area (Å²) in [6.07, 6.45) is -10.2. The topological polar surface area (TPSA) is 35.5 Å². The molecule has 16 heavy (non-hydrogen) atoms. The second-order valence-electron chi connectivity index (χ2n) is 2.46. The third kappa shape index (κ3) is 2.97. The summed E-state index contributed by atoms with van der Waals surface area (Å²) in [5.74, 6) is -8.94. The second kappa shape index (κ2) is 4.44. The van der Waals surface area contributed by atoms with Gasteiger partial charge in [0.15, 0.2) is 6.67 Å². The Bertz CT molecular complexity index is 265. The number of carbonyl (C=O) groups is 1. The summed E-state index contributed by atoms with van der Waals surface area (Å²) >= 11 is 0. The Hall–Kier alpha value is -1.06. The van der Waals surface area contributed by atoms with Gasteiger partial charge in [-0.1, -0.05) is 0 Å². The molecule has 0 aliphatic carbocycles. The van der Waals surface area contributed by atoms with Crippen LogP contribution in [0.15, 0.2) is 0 Å². The van der Waals surface area contributed by atoms with Crippen LogP contribution in [0.2, 0.25) is 0 Å². The van der Waals surface area contributed by atoms with Crippen LogP contribution in [-0.2, 0) is 14.3 Å². The van der Waals surface area contributed by atoms with Crippen LogP contribution in [0.1, 0.15) is 0 Å². The van der Waals surface area contributed by atoms with Crippen molar-refractivity contribution in [2.75, 3.05) is 13.8 Å². The Kier molecular flexibility index (Phi) is 4.14. The van der Waals surface area contributed by atoms with E-state index in [-0.39, 0.29) is 7.11 Å². The van der Waals surface area contributed by atoms with E-state index in [1.54, 1.807) is 0 Å². The molecule has 0 aliphatic heterocycles. The van der Waals surface area contributed by atoms with Gasteiger partial charge >= 0.3 is 24.1 Å². The first kappa shape index (κ1) is 14.9. The molecule has 0 aliphatic rings. The van der Waals surface area contributed by atoms with Crippen molar-refractivity contribution in [3.63, 3.8) is 0 Å². The van der Waals surface area contributed by atoms with E-state index in [0.717, 1.165) is 0 Å². The summed E-state index contributed by atoms with van der Waals surface area (Å²) in [5.41, 5.74) is 0. The van der Waals surface area contributed by atoms with Crippen molar-refractivity contribution >= 4 is 5.97 Å². The van der Waals surface area contributed by atoms with Gasteiger partial charge in [-0.3, -0.25) is 0 Å². The first-order valence-corrected chi connectivity index (χ1v) is 3.48. The molecule has 0 saturated heterocycles. The second-order valence-corrected chi connectivity index (χ2v) is 2.46. The molecule has 0 aromatic heterocycles. The van der Waals surface area contributed by atoms with Gasteiger partial charge in [0.2, 0.25) is 0 Å². The Morgan fingerprint density at radius 2 is 1.56 bits per heavy atom. The highest BCUT2D eigenvalue weighted by Crippen LogP contribution is 2.37. The van der Waals surface area contributed by atoms with E-state index in [1.807, 2.05) is 0 Å². The SMILES string of the molecule is COC(F)(F)C(F)(F)C(=O)OC(F)(F)CF. The fourth-order valence-corrected chi connectivity index (χ4v) is 0.474. The third-order valence-electron chi connectivity index (χ3n) is 1.28. The minimum absolute atomic E-state index is 0.120. The minimum atomic E-state index is -5.65. The summed E-state index contributed by atoms with van der Waals surface area (Å²) in [4.78, 5) is 10.3. The maximum absolute atomic E-state index is 12.5. The van der Waals surface area contributed by atoms with Crippen LogP contribution in [0.25, 0.3) is 0 Å². The van der Waals surface area contributed by atoms with Gasteiger partial charge in [-0.2, -0.15) is 26.3 Å². The predicted octanol–water partition coefficient (Wildman–Crippen LogP) is 1.97. The molecular formula is C6H5F7O3. The highest BCUT2D eigenvalue weighted by atomic mass is 19.3. The fraction of sp³-hybridized carbons (Fsp3) is 0.833. The Labute approximate surface area is 84.1 Å². The summed E-state index contributed by atoms with van der Waals surface area (Å²) in [6, 6.07) is 0. The van der Waals surface area contributed by atoms with Gasteiger partial charge in [-0.15, -0.1) is 0 Å². The average molecular weight is 258 g/mol. The Balaban J connectivity index is 4.86. The molecule has 0 bridgehead atoms. The maximum atomic E-state index is 12.5.